The van der Waals surface area contributed by atoms with Gasteiger partial charge in [-0.25, -0.2) is 4.98 Å². The first-order valence-electron chi connectivity index (χ1n) is 13.4. The maximum Gasteiger partial charge on any atom is 0.423 e. The van der Waals surface area contributed by atoms with E-state index >= 15 is 0 Å². The fourth-order valence-electron chi connectivity index (χ4n) is 4.42. The van der Waals surface area contributed by atoms with Crippen LogP contribution in [0.25, 0.3) is 5.57 Å². The number of nitrogens with zero attached hydrogens (tertiary/aromatic N) is 4. The van der Waals surface area contributed by atoms with Crippen LogP contribution in [0.2, 0.25) is 0 Å². The molecule has 0 aliphatic carbocycles. The van der Waals surface area contributed by atoms with Crippen LogP contribution in [0.4, 0.5) is 24.8 Å². The molecule has 0 unspecified atom stereocenters. The quantitative estimate of drug-likeness (QED) is 0.285. The molecule has 1 saturated heterocycles. The van der Waals surface area contributed by atoms with Crippen molar-refractivity contribution >= 4 is 29.3 Å². The summed E-state index contributed by atoms with van der Waals surface area (Å²) >= 11 is 0. The molecule has 0 spiro atoms. The summed E-state index contributed by atoms with van der Waals surface area (Å²) in [6, 6.07) is 11.5. The van der Waals surface area contributed by atoms with Gasteiger partial charge in [-0.15, -0.1) is 0 Å². The van der Waals surface area contributed by atoms with Gasteiger partial charge < -0.3 is 25.0 Å². The molecule has 1 amide bonds. The number of piperidine rings is 1. The molecule has 4 rings (SSSR count). The Morgan fingerprint density at radius 3 is 2.57 bits per heavy atom. The molecular weight excluding hydrogens is 549 g/mol. The highest BCUT2D eigenvalue weighted by atomic mass is 19.4. The minimum Gasteiger partial charge on any atom is -0.495 e. The molecule has 0 atom stereocenters. The van der Waals surface area contributed by atoms with Gasteiger partial charge in [0.2, 0.25) is 11.8 Å². The van der Waals surface area contributed by atoms with Crippen LogP contribution in [0.1, 0.15) is 48.2 Å². The summed E-state index contributed by atoms with van der Waals surface area (Å²) in [5, 5.41) is 5.93. The molecule has 2 aromatic carbocycles. The van der Waals surface area contributed by atoms with Gasteiger partial charge in [0, 0.05) is 35.8 Å². The molecule has 0 radical (unpaired) electrons. The van der Waals surface area contributed by atoms with Gasteiger partial charge in [-0.05, 0) is 76.7 Å². The number of aromatic nitrogens is 2. The van der Waals surface area contributed by atoms with E-state index in [4.69, 9.17) is 9.47 Å². The Labute approximate surface area is 242 Å². The third-order valence-corrected chi connectivity index (χ3v) is 6.76. The Morgan fingerprint density at radius 1 is 1.14 bits per heavy atom. The summed E-state index contributed by atoms with van der Waals surface area (Å²) in [7, 11) is 3.47. The zero-order chi connectivity index (χ0) is 30.3. The Bertz CT molecular complexity index is 1470. The van der Waals surface area contributed by atoms with Crippen molar-refractivity contribution in [2.24, 2.45) is 4.99 Å². The SMILES string of the molecule is CC=N/C=C(\C)c1ccccc1Oc1nc(Nc2ccc(C(=O)NC3CCN(C)CC3)cc2OC)ncc1C(F)(F)F. The molecule has 1 aliphatic heterocycles. The Balaban J connectivity index is 1.59. The number of rotatable bonds is 9. The second-order valence-corrected chi connectivity index (χ2v) is 9.82. The van der Waals surface area contributed by atoms with Crippen LogP contribution in [0, 0.1) is 0 Å². The Morgan fingerprint density at radius 2 is 1.88 bits per heavy atom. The number of aliphatic imine (C=N–C) groups is 1. The molecular formula is C30H33F3N6O3. The number of halogens is 3. The van der Waals surface area contributed by atoms with E-state index in [1.807, 2.05) is 7.05 Å². The first-order valence-corrected chi connectivity index (χ1v) is 13.4. The molecule has 1 aromatic heterocycles. The number of anilines is 2. The monoisotopic (exact) mass is 582 g/mol. The standard InChI is InChI=1S/C30H33F3N6O3/c1-5-34-17-19(2)22-8-6-7-9-25(22)42-28-23(30(31,32)33)18-35-29(38-28)37-24-11-10-20(16-26(24)41-4)27(40)36-21-12-14-39(3)15-13-21/h5-11,16-18,21H,12-15H2,1-4H3,(H,36,40)(H,35,37,38)/b19-17+,34-5?. The summed E-state index contributed by atoms with van der Waals surface area (Å²) in [5.41, 5.74) is 0.857. The van der Waals surface area contributed by atoms with E-state index in [2.05, 4.69) is 30.5 Å². The fourth-order valence-corrected chi connectivity index (χ4v) is 4.42. The number of para-hydroxylation sites is 1. The Kier molecular flexibility index (Phi) is 9.79. The molecule has 1 fully saturated rings. The molecule has 3 aromatic rings. The van der Waals surface area contributed by atoms with Crippen LogP contribution in [0.5, 0.6) is 17.4 Å². The van der Waals surface area contributed by atoms with Gasteiger partial charge in [0.15, 0.2) is 0 Å². The zero-order valence-electron chi connectivity index (χ0n) is 23.8. The second kappa shape index (κ2) is 13.5. The lowest BCUT2D eigenvalue weighted by atomic mass is 10.0. The summed E-state index contributed by atoms with van der Waals surface area (Å²) in [4.78, 5) is 27.1. The molecule has 1 aliphatic rings. The van der Waals surface area contributed by atoms with E-state index in [1.54, 1.807) is 68.7 Å². The highest BCUT2D eigenvalue weighted by molar-refractivity contribution is 5.95. The number of alkyl halides is 3. The van der Waals surface area contributed by atoms with Gasteiger partial charge in [-0.3, -0.25) is 9.79 Å². The maximum atomic E-state index is 13.9. The normalized spacial score (nSPS) is 15.1. The molecule has 0 bridgehead atoms. The molecule has 12 heteroatoms. The first kappa shape index (κ1) is 30.5. The van der Waals surface area contributed by atoms with Crippen molar-refractivity contribution in [3.63, 3.8) is 0 Å². The van der Waals surface area contributed by atoms with E-state index in [-0.39, 0.29) is 23.6 Å². The third-order valence-electron chi connectivity index (χ3n) is 6.76. The minimum atomic E-state index is -4.76. The number of benzene rings is 2. The average Bonchev–Trinajstić information content (AvgIpc) is 2.97. The van der Waals surface area contributed by atoms with Crippen molar-refractivity contribution in [3.8, 4) is 17.4 Å². The number of nitrogens with one attached hydrogen (secondary N) is 2. The van der Waals surface area contributed by atoms with Gasteiger partial charge in [0.25, 0.3) is 5.91 Å². The predicted octanol–water partition coefficient (Wildman–Crippen LogP) is 6.32. The first-order chi connectivity index (χ1) is 20.1. The summed E-state index contributed by atoms with van der Waals surface area (Å²) in [6.07, 6.45) is 0.807. The summed E-state index contributed by atoms with van der Waals surface area (Å²) in [6.45, 7) is 5.35. The number of ether oxygens (including phenoxy) is 2. The molecule has 9 nitrogen and oxygen atoms in total. The minimum absolute atomic E-state index is 0.0836. The largest absolute Gasteiger partial charge is 0.495 e. The number of carbonyl (C=O) groups is 1. The lowest BCUT2D eigenvalue weighted by Crippen LogP contribution is -2.43. The lowest BCUT2D eigenvalue weighted by molar-refractivity contribution is -0.139. The topological polar surface area (TPSA) is 101 Å². The molecule has 0 saturated carbocycles. The zero-order valence-corrected chi connectivity index (χ0v) is 23.8. The van der Waals surface area contributed by atoms with Crippen molar-refractivity contribution in [1.82, 2.24) is 20.2 Å². The predicted molar refractivity (Wildman–Crippen MR) is 156 cm³/mol. The number of amides is 1. The highest BCUT2D eigenvalue weighted by Crippen LogP contribution is 2.39. The number of hydrogen-bond acceptors (Lipinski definition) is 8. The average molecular weight is 583 g/mol. The molecule has 2 heterocycles. The van der Waals surface area contributed by atoms with E-state index in [9.17, 15) is 18.0 Å². The Hall–Kier alpha value is -4.45. The van der Waals surface area contributed by atoms with E-state index in [0.717, 1.165) is 25.9 Å². The van der Waals surface area contributed by atoms with Crippen molar-refractivity contribution in [3.05, 3.63) is 71.6 Å². The van der Waals surface area contributed by atoms with Crippen molar-refractivity contribution in [2.45, 2.75) is 38.9 Å². The van der Waals surface area contributed by atoms with Gasteiger partial charge in [0.1, 0.15) is 17.1 Å². The van der Waals surface area contributed by atoms with Crippen molar-refractivity contribution in [1.29, 1.82) is 0 Å². The van der Waals surface area contributed by atoms with Gasteiger partial charge in [-0.2, -0.15) is 18.2 Å². The van der Waals surface area contributed by atoms with E-state index in [1.165, 1.54) is 7.11 Å². The highest BCUT2D eigenvalue weighted by Gasteiger charge is 2.37. The fraction of sp³-hybridized carbons (Fsp3) is 0.333. The summed E-state index contributed by atoms with van der Waals surface area (Å²) < 4.78 is 52.9. The summed E-state index contributed by atoms with van der Waals surface area (Å²) in [5.74, 6) is -0.596. The van der Waals surface area contributed by atoms with Gasteiger partial charge in [0.05, 0.1) is 12.8 Å². The van der Waals surface area contributed by atoms with Crippen LogP contribution in [0.3, 0.4) is 0 Å². The van der Waals surface area contributed by atoms with Crippen molar-refractivity contribution < 1.29 is 27.4 Å². The number of hydrogen-bond donors (Lipinski definition) is 2. The molecule has 42 heavy (non-hydrogen) atoms. The second-order valence-electron chi connectivity index (χ2n) is 9.82. The van der Waals surface area contributed by atoms with Crippen LogP contribution in [-0.4, -0.2) is 60.3 Å². The number of likely N-dealkylation sites (tertiary alicyclic amines) is 1. The molecule has 2 N–H and O–H groups in total. The van der Waals surface area contributed by atoms with E-state index < -0.39 is 17.6 Å². The number of carbonyl (C=O) groups excluding carboxylic acids is 1. The number of methoxy groups -OCH3 is 1. The smallest absolute Gasteiger partial charge is 0.423 e. The van der Waals surface area contributed by atoms with Crippen LogP contribution in [0.15, 0.2) is 59.9 Å². The lowest BCUT2D eigenvalue weighted by Gasteiger charge is -2.29. The van der Waals surface area contributed by atoms with Crippen LogP contribution >= 0.6 is 0 Å². The molecule has 222 valence electrons. The van der Waals surface area contributed by atoms with Crippen LogP contribution in [-0.2, 0) is 6.18 Å². The van der Waals surface area contributed by atoms with E-state index in [0.29, 0.717) is 34.3 Å². The van der Waals surface area contributed by atoms with Gasteiger partial charge >= 0.3 is 6.18 Å². The van der Waals surface area contributed by atoms with Gasteiger partial charge in [-0.1, -0.05) is 18.2 Å². The van der Waals surface area contributed by atoms with Crippen molar-refractivity contribution in [2.75, 3.05) is 32.6 Å². The number of allylic oxidation sites excluding steroid dienone is 1. The van der Waals surface area contributed by atoms with Crippen LogP contribution < -0.4 is 20.1 Å². The maximum absolute atomic E-state index is 13.9. The third kappa shape index (κ3) is 7.64.